The van der Waals surface area contributed by atoms with E-state index >= 15 is 0 Å². The zero-order valence-corrected chi connectivity index (χ0v) is 8.81. The topological polar surface area (TPSA) is 29.1 Å². The van der Waals surface area contributed by atoms with Crippen molar-refractivity contribution in [3.05, 3.63) is 0 Å². The van der Waals surface area contributed by atoms with Crippen molar-refractivity contribution in [2.75, 3.05) is 7.05 Å². The molecule has 1 fully saturated rings. The minimum Gasteiger partial charge on any atom is -0.359 e. The van der Waals surface area contributed by atoms with Gasteiger partial charge in [0.15, 0.2) is 0 Å². The SMILES string of the molecule is CCCC(CC1CCC1)C(=O)NC. The normalized spacial score (nSPS) is 19.2. The quantitative estimate of drug-likeness (QED) is 0.696. The van der Waals surface area contributed by atoms with Crippen LogP contribution in [-0.2, 0) is 4.79 Å². The maximum atomic E-state index is 11.5. The summed E-state index contributed by atoms with van der Waals surface area (Å²) in [7, 11) is 1.74. The highest BCUT2D eigenvalue weighted by molar-refractivity contribution is 5.78. The average molecular weight is 183 g/mol. The number of carbonyl (C=O) groups excluding carboxylic acids is 1. The third-order valence-corrected chi connectivity index (χ3v) is 3.10. The fourth-order valence-electron chi connectivity index (χ4n) is 2.04. The van der Waals surface area contributed by atoms with E-state index in [4.69, 9.17) is 0 Å². The predicted octanol–water partition coefficient (Wildman–Crippen LogP) is 2.34. The van der Waals surface area contributed by atoms with Crippen molar-refractivity contribution in [2.45, 2.75) is 45.4 Å². The standard InChI is InChI=1S/C11H21NO/c1-3-5-10(11(13)12-2)8-9-6-4-7-9/h9-10H,3-8H2,1-2H3,(H,12,13). The molecule has 1 atom stereocenters. The van der Waals surface area contributed by atoms with Crippen molar-refractivity contribution in [1.29, 1.82) is 0 Å². The van der Waals surface area contributed by atoms with Crippen molar-refractivity contribution in [1.82, 2.24) is 5.32 Å². The third kappa shape index (κ3) is 3.02. The van der Waals surface area contributed by atoms with Gasteiger partial charge in [0.25, 0.3) is 0 Å². The van der Waals surface area contributed by atoms with Gasteiger partial charge in [0.1, 0.15) is 0 Å². The monoisotopic (exact) mass is 183 g/mol. The number of hydrogen-bond acceptors (Lipinski definition) is 1. The van der Waals surface area contributed by atoms with Gasteiger partial charge in [0.05, 0.1) is 0 Å². The average Bonchev–Trinajstić information content (AvgIpc) is 2.07. The highest BCUT2D eigenvalue weighted by atomic mass is 16.1. The summed E-state index contributed by atoms with van der Waals surface area (Å²) in [5.41, 5.74) is 0. The van der Waals surface area contributed by atoms with Crippen LogP contribution in [0.4, 0.5) is 0 Å². The van der Waals surface area contributed by atoms with E-state index in [1.807, 2.05) is 0 Å². The molecular weight excluding hydrogens is 162 g/mol. The summed E-state index contributed by atoms with van der Waals surface area (Å²) >= 11 is 0. The summed E-state index contributed by atoms with van der Waals surface area (Å²) in [6.45, 7) is 2.15. The van der Waals surface area contributed by atoms with Gasteiger partial charge >= 0.3 is 0 Å². The van der Waals surface area contributed by atoms with Crippen LogP contribution in [0.2, 0.25) is 0 Å². The summed E-state index contributed by atoms with van der Waals surface area (Å²) in [5.74, 6) is 1.36. The number of rotatable bonds is 5. The smallest absolute Gasteiger partial charge is 0.222 e. The van der Waals surface area contributed by atoms with Crippen LogP contribution < -0.4 is 5.32 Å². The molecule has 1 N–H and O–H groups in total. The highest BCUT2D eigenvalue weighted by Crippen LogP contribution is 2.33. The molecule has 0 heterocycles. The second-order valence-electron chi connectivity index (χ2n) is 4.13. The van der Waals surface area contributed by atoms with Crippen LogP contribution in [0.1, 0.15) is 45.4 Å². The Hall–Kier alpha value is -0.530. The lowest BCUT2D eigenvalue weighted by Crippen LogP contribution is -2.30. The Kier molecular flexibility index (Phi) is 4.26. The largest absolute Gasteiger partial charge is 0.359 e. The Bertz CT molecular complexity index is 163. The van der Waals surface area contributed by atoms with Crippen molar-refractivity contribution in [3.8, 4) is 0 Å². The maximum Gasteiger partial charge on any atom is 0.222 e. The van der Waals surface area contributed by atoms with E-state index in [9.17, 15) is 4.79 Å². The molecule has 2 heteroatoms. The summed E-state index contributed by atoms with van der Waals surface area (Å²) in [6.07, 6.45) is 7.35. The van der Waals surface area contributed by atoms with Crippen molar-refractivity contribution < 1.29 is 4.79 Å². The molecule has 1 unspecified atom stereocenters. The van der Waals surface area contributed by atoms with E-state index in [1.165, 1.54) is 19.3 Å². The van der Waals surface area contributed by atoms with Gasteiger partial charge in [-0.05, 0) is 18.8 Å². The third-order valence-electron chi connectivity index (χ3n) is 3.10. The Morgan fingerprint density at radius 2 is 2.23 bits per heavy atom. The van der Waals surface area contributed by atoms with E-state index in [0.717, 1.165) is 25.2 Å². The van der Waals surface area contributed by atoms with E-state index in [1.54, 1.807) is 7.05 Å². The van der Waals surface area contributed by atoms with Crippen LogP contribution in [-0.4, -0.2) is 13.0 Å². The molecule has 76 valence electrons. The first-order valence-electron chi connectivity index (χ1n) is 5.49. The lowest BCUT2D eigenvalue weighted by Gasteiger charge is -2.28. The minimum absolute atomic E-state index is 0.244. The first-order valence-corrected chi connectivity index (χ1v) is 5.49. The first-order chi connectivity index (χ1) is 6.27. The zero-order chi connectivity index (χ0) is 9.68. The summed E-state index contributed by atoms with van der Waals surface area (Å²) < 4.78 is 0. The maximum absolute atomic E-state index is 11.5. The van der Waals surface area contributed by atoms with Gasteiger partial charge in [0, 0.05) is 13.0 Å². The van der Waals surface area contributed by atoms with Crippen LogP contribution >= 0.6 is 0 Å². The highest BCUT2D eigenvalue weighted by Gasteiger charge is 2.25. The zero-order valence-electron chi connectivity index (χ0n) is 8.81. The molecule has 1 rings (SSSR count). The lowest BCUT2D eigenvalue weighted by atomic mass is 9.78. The molecule has 1 aliphatic rings. The molecule has 0 saturated heterocycles. The van der Waals surface area contributed by atoms with Gasteiger partial charge in [-0.2, -0.15) is 0 Å². The Labute approximate surface area is 81.1 Å². The van der Waals surface area contributed by atoms with Crippen LogP contribution in [0.25, 0.3) is 0 Å². The van der Waals surface area contributed by atoms with Gasteiger partial charge in [-0.15, -0.1) is 0 Å². The second kappa shape index (κ2) is 5.25. The molecule has 0 aliphatic heterocycles. The van der Waals surface area contributed by atoms with Gasteiger partial charge in [0.2, 0.25) is 5.91 Å². The van der Waals surface area contributed by atoms with Gasteiger partial charge in [-0.1, -0.05) is 32.6 Å². The molecule has 0 radical (unpaired) electrons. The Balaban J connectivity index is 2.31. The second-order valence-corrected chi connectivity index (χ2v) is 4.13. The number of carbonyl (C=O) groups is 1. The number of nitrogens with one attached hydrogen (secondary N) is 1. The van der Waals surface area contributed by atoms with Crippen LogP contribution in [0, 0.1) is 11.8 Å². The first kappa shape index (κ1) is 10.6. The Morgan fingerprint density at radius 3 is 2.62 bits per heavy atom. The molecule has 1 amide bonds. The predicted molar refractivity (Wildman–Crippen MR) is 54.4 cm³/mol. The molecule has 1 aliphatic carbocycles. The molecule has 0 aromatic rings. The van der Waals surface area contributed by atoms with E-state index in [0.29, 0.717) is 0 Å². The molecular formula is C11H21NO. The van der Waals surface area contributed by atoms with Crippen LogP contribution in [0.15, 0.2) is 0 Å². The fourth-order valence-corrected chi connectivity index (χ4v) is 2.04. The Morgan fingerprint density at radius 1 is 1.54 bits per heavy atom. The molecule has 0 aromatic carbocycles. The lowest BCUT2D eigenvalue weighted by molar-refractivity contribution is -0.125. The molecule has 1 saturated carbocycles. The molecule has 0 bridgehead atoms. The van der Waals surface area contributed by atoms with Gasteiger partial charge in [-0.3, -0.25) is 4.79 Å². The van der Waals surface area contributed by atoms with E-state index in [2.05, 4.69) is 12.2 Å². The molecule has 2 nitrogen and oxygen atoms in total. The molecule has 13 heavy (non-hydrogen) atoms. The van der Waals surface area contributed by atoms with Crippen molar-refractivity contribution in [2.24, 2.45) is 11.8 Å². The van der Waals surface area contributed by atoms with Crippen LogP contribution in [0.3, 0.4) is 0 Å². The molecule has 0 spiro atoms. The number of hydrogen-bond donors (Lipinski definition) is 1. The van der Waals surface area contributed by atoms with Gasteiger partial charge < -0.3 is 5.32 Å². The fraction of sp³-hybridized carbons (Fsp3) is 0.909. The van der Waals surface area contributed by atoms with Crippen LogP contribution in [0.5, 0.6) is 0 Å². The van der Waals surface area contributed by atoms with Gasteiger partial charge in [-0.25, -0.2) is 0 Å². The summed E-state index contributed by atoms with van der Waals surface area (Å²) in [5, 5.41) is 2.76. The molecule has 0 aromatic heterocycles. The number of amides is 1. The summed E-state index contributed by atoms with van der Waals surface area (Å²) in [4.78, 5) is 11.5. The summed E-state index contributed by atoms with van der Waals surface area (Å²) in [6, 6.07) is 0. The van der Waals surface area contributed by atoms with E-state index in [-0.39, 0.29) is 11.8 Å². The minimum atomic E-state index is 0.244. The van der Waals surface area contributed by atoms with Crippen molar-refractivity contribution >= 4 is 5.91 Å². The van der Waals surface area contributed by atoms with Crippen molar-refractivity contribution in [3.63, 3.8) is 0 Å². The van der Waals surface area contributed by atoms with E-state index < -0.39 is 0 Å².